The molecule has 0 spiro atoms. The fraction of sp³-hybridized carbons (Fsp3) is 0.444. The highest BCUT2D eigenvalue weighted by molar-refractivity contribution is 7.11. The molecule has 1 atom stereocenters. The molecule has 4 rings (SSSR count). The molecule has 2 aliphatic heterocycles. The number of rotatable bonds is 2. The van der Waals surface area contributed by atoms with Gasteiger partial charge in [-0.1, -0.05) is 0 Å². The van der Waals surface area contributed by atoms with Crippen molar-refractivity contribution < 1.29 is 14.3 Å². The second-order valence-electron chi connectivity index (χ2n) is 6.35. The van der Waals surface area contributed by atoms with Crippen LogP contribution < -0.4 is 9.47 Å². The Balaban J connectivity index is 1.52. The molecule has 6 heteroatoms. The van der Waals surface area contributed by atoms with Crippen LogP contribution in [0.2, 0.25) is 0 Å². The molecule has 126 valence electrons. The van der Waals surface area contributed by atoms with Crippen molar-refractivity contribution in [2.75, 3.05) is 19.9 Å². The molecule has 0 bridgehead atoms. The number of carbonyl (C=O) groups excluding carboxylic acids is 1. The molecule has 0 radical (unpaired) electrons. The van der Waals surface area contributed by atoms with Crippen molar-refractivity contribution in [2.24, 2.45) is 0 Å². The molecule has 5 nitrogen and oxygen atoms in total. The summed E-state index contributed by atoms with van der Waals surface area (Å²) in [6.45, 7) is 5.91. The van der Waals surface area contributed by atoms with Gasteiger partial charge in [-0.15, -0.1) is 11.3 Å². The highest BCUT2D eigenvalue weighted by atomic mass is 32.1. The molecule has 1 amide bonds. The van der Waals surface area contributed by atoms with Crippen LogP contribution in [0.3, 0.4) is 0 Å². The molecule has 0 aliphatic carbocycles. The van der Waals surface area contributed by atoms with Crippen molar-refractivity contribution in [2.45, 2.75) is 32.6 Å². The molecule has 2 aliphatic rings. The molecule has 1 fully saturated rings. The van der Waals surface area contributed by atoms with Gasteiger partial charge >= 0.3 is 0 Å². The molecule has 1 saturated heterocycles. The molecule has 24 heavy (non-hydrogen) atoms. The molecule has 2 aromatic rings. The summed E-state index contributed by atoms with van der Waals surface area (Å²) in [4.78, 5) is 20.8. The van der Waals surface area contributed by atoms with Crippen molar-refractivity contribution >= 4 is 17.2 Å². The number of likely N-dealkylation sites (tertiary alicyclic amines) is 1. The van der Waals surface area contributed by atoms with E-state index in [9.17, 15) is 4.79 Å². The summed E-state index contributed by atoms with van der Waals surface area (Å²) in [7, 11) is 0. The lowest BCUT2D eigenvalue weighted by molar-refractivity contribution is 0.0706. The fourth-order valence-electron chi connectivity index (χ4n) is 3.25. The maximum atomic E-state index is 12.9. The van der Waals surface area contributed by atoms with Crippen LogP contribution in [0.15, 0.2) is 18.2 Å². The van der Waals surface area contributed by atoms with E-state index in [2.05, 4.69) is 6.92 Å². The smallest absolute Gasteiger partial charge is 0.254 e. The van der Waals surface area contributed by atoms with Crippen LogP contribution in [0.1, 0.15) is 44.7 Å². The van der Waals surface area contributed by atoms with Gasteiger partial charge in [0.15, 0.2) is 11.5 Å². The molecular weight excluding hydrogens is 324 g/mol. The average molecular weight is 344 g/mol. The Bertz CT molecular complexity index is 767. The number of piperidine rings is 1. The predicted molar refractivity (Wildman–Crippen MR) is 92.0 cm³/mol. The zero-order valence-electron chi connectivity index (χ0n) is 13.9. The number of ether oxygens (including phenoxy) is 2. The minimum absolute atomic E-state index is 0.0583. The van der Waals surface area contributed by atoms with E-state index in [4.69, 9.17) is 14.5 Å². The normalized spacial score (nSPS) is 19.6. The highest BCUT2D eigenvalue weighted by Crippen LogP contribution is 2.34. The Morgan fingerprint density at radius 3 is 2.92 bits per heavy atom. The van der Waals surface area contributed by atoms with E-state index >= 15 is 0 Å². The third-order valence-corrected chi connectivity index (χ3v) is 5.96. The fourth-order valence-corrected chi connectivity index (χ4v) is 4.30. The van der Waals surface area contributed by atoms with E-state index in [0.29, 0.717) is 23.0 Å². The standard InChI is InChI=1S/C18H20N2O3S/c1-11-12(2)24-17(19-11)14-4-3-7-20(9-14)18(21)13-5-6-15-16(8-13)23-10-22-15/h5-6,8,14H,3-4,7,9-10H2,1-2H3/t14-/m1/s1. The maximum absolute atomic E-state index is 12.9. The van der Waals surface area contributed by atoms with Crippen molar-refractivity contribution in [1.29, 1.82) is 0 Å². The Morgan fingerprint density at radius 1 is 1.29 bits per heavy atom. The molecule has 0 saturated carbocycles. The van der Waals surface area contributed by atoms with Gasteiger partial charge in [-0.3, -0.25) is 4.79 Å². The van der Waals surface area contributed by atoms with Crippen LogP contribution >= 0.6 is 11.3 Å². The van der Waals surface area contributed by atoms with E-state index in [0.717, 1.165) is 36.6 Å². The van der Waals surface area contributed by atoms with E-state index < -0.39 is 0 Å². The largest absolute Gasteiger partial charge is 0.454 e. The third kappa shape index (κ3) is 2.75. The van der Waals surface area contributed by atoms with Crippen LogP contribution in [-0.4, -0.2) is 35.7 Å². The predicted octanol–water partition coefficient (Wildman–Crippen LogP) is 3.51. The number of hydrogen-bond donors (Lipinski definition) is 0. The summed E-state index contributed by atoms with van der Waals surface area (Å²) in [6, 6.07) is 5.41. The van der Waals surface area contributed by atoms with Crippen molar-refractivity contribution in [1.82, 2.24) is 9.88 Å². The van der Waals surface area contributed by atoms with Gasteiger partial charge in [0.25, 0.3) is 5.91 Å². The van der Waals surface area contributed by atoms with Crippen molar-refractivity contribution in [3.8, 4) is 11.5 Å². The first kappa shape index (κ1) is 15.4. The van der Waals surface area contributed by atoms with Gasteiger partial charge in [-0.05, 0) is 44.9 Å². The zero-order valence-corrected chi connectivity index (χ0v) is 14.7. The minimum Gasteiger partial charge on any atom is -0.454 e. The molecule has 3 heterocycles. The lowest BCUT2D eigenvalue weighted by Gasteiger charge is -2.32. The molecule has 1 aromatic heterocycles. The number of fused-ring (bicyclic) bond motifs is 1. The first-order valence-corrected chi connectivity index (χ1v) is 9.06. The number of aryl methyl sites for hydroxylation is 2. The first-order valence-electron chi connectivity index (χ1n) is 8.24. The summed E-state index contributed by atoms with van der Waals surface area (Å²) in [6.07, 6.45) is 2.11. The molecule has 0 unspecified atom stereocenters. The Kier molecular flexibility index (Phi) is 3.92. The molecule has 1 aromatic carbocycles. The maximum Gasteiger partial charge on any atom is 0.254 e. The van der Waals surface area contributed by atoms with E-state index in [-0.39, 0.29) is 12.7 Å². The lowest BCUT2D eigenvalue weighted by Crippen LogP contribution is -2.39. The van der Waals surface area contributed by atoms with Gasteiger partial charge in [-0.2, -0.15) is 0 Å². The highest BCUT2D eigenvalue weighted by Gasteiger charge is 2.28. The first-order chi connectivity index (χ1) is 11.6. The number of carbonyl (C=O) groups is 1. The van der Waals surface area contributed by atoms with Crippen LogP contribution in [0.25, 0.3) is 0 Å². The van der Waals surface area contributed by atoms with Gasteiger partial charge in [-0.25, -0.2) is 4.98 Å². The van der Waals surface area contributed by atoms with Gasteiger partial charge < -0.3 is 14.4 Å². The number of amides is 1. The topological polar surface area (TPSA) is 51.7 Å². The second-order valence-corrected chi connectivity index (χ2v) is 7.59. The number of benzene rings is 1. The third-order valence-electron chi connectivity index (χ3n) is 4.72. The van der Waals surface area contributed by atoms with Crippen molar-refractivity contribution in [3.05, 3.63) is 39.3 Å². The number of hydrogen-bond acceptors (Lipinski definition) is 5. The van der Waals surface area contributed by atoms with Crippen LogP contribution in [0.4, 0.5) is 0 Å². The number of aromatic nitrogens is 1. The number of thiazole rings is 1. The second kappa shape index (κ2) is 6.09. The van der Waals surface area contributed by atoms with Crippen LogP contribution in [0.5, 0.6) is 11.5 Å². The zero-order chi connectivity index (χ0) is 16.7. The Hall–Kier alpha value is -2.08. The van der Waals surface area contributed by atoms with Crippen LogP contribution in [-0.2, 0) is 0 Å². The lowest BCUT2D eigenvalue weighted by atomic mass is 9.98. The number of nitrogens with zero attached hydrogens (tertiary/aromatic N) is 2. The summed E-state index contributed by atoms with van der Waals surface area (Å²) in [5.41, 5.74) is 1.76. The summed E-state index contributed by atoms with van der Waals surface area (Å²) in [5.74, 6) is 1.76. The quantitative estimate of drug-likeness (QED) is 0.836. The summed E-state index contributed by atoms with van der Waals surface area (Å²) >= 11 is 1.76. The van der Waals surface area contributed by atoms with Gasteiger partial charge in [0, 0.05) is 29.4 Å². The van der Waals surface area contributed by atoms with Crippen molar-refractivity contribution in [3.63, 3.8) is 0 Å². The SMILES string of the molecule is Cc1nc([C@@H]2CCCN(C(=O)c3ccc4c(c3)OCO4)C2)sc1C. The van der Waals surface area contributed by atoms with E-state index in [1.54, 1.807) is 17.4 Å². The average Bonchev–Trinajstić information content (AvgIpc) is 3.20. The van der Waals surface area contributed by atoms with E-state index in [1.807, 2.05) is 24.0 Å². The summed E-state index contributed by atoms with van der Waals surface area (Å²) < 4.78 is 10.7. The molecule has 0 N–H and O–H groups in total. The minimum atomic E-state index is 0.0583. The van der Waals surface area contributed by atoms with Gasteiger partial charge in [0.1, 0.15) is 0 Å². The summed E-state index contributed by atoms with van der Waals surface area (Å²) in [5, 5.41) is 1.16. The Morgan fingerprint density at radius 2 is 2.12 bits per heavy atom. The monoisotopic (exact) mass is 344 g/mol. The van der Waals surface area contributed by atoms with E-state index in [1.165, 1.54) is 4.88 Å². The van der Waals surface area contributed by atoms with Gasteiger partial charge in [0.05, 0.1) is 10.7 Å². The molecular formula is C18H20N2O3S. The van der Waals surface area contributed by atoms with Crippen LogP contribution in [0, 0.1) is 13.8 Å². The van der Waals surface area contributed by atoms with Gasteiger partial charge in [0.2, 0.25) is 6.79 Å². The Labute approximate surface area is 145 Å².